The van der Waals surface area contributed by atoms with Gasteiger partial charge in [0.15, 0.2) is 11.6 Å². The van der Waals surface area contributed by atoms with Crippen molar-refractivity contribution >= 4 is 27.5 Å². The molecular weight excluding hydrogens is 616 g/mol. The SMILES string of the molecule is C#Cc1c(F)ccc2cc(O)cc(-c3nc4c5c(nc(OC[C@@]67CCCN6C[C@H](F)C7)nc5c3F)N(C(F)(F)F)C(C)CCO4)c12. The molecule has 8 nitrogen and oxygen atoms in total. The summed E-state index contributed by atoms with van der Waals surface area (Å²) in [6.07, 6.45) is 1.05. The summed E-state index contributed by atoms with van der Waals surface area (Å²) >= 11 is 0. The van der Waals surface area contributed by atoms with Gasteiger partial charge in [-0.2, -0.15) is 23.1 Å². The average molecular weight is 644 g/mol. The van der Waals surface area contributed by atoms with Gasteiger partial charge < -0.3 is 14.6 Å². The topological polar surface area (TPSA) is 83.8 Å². The van der Waals surface area contributed by atoms with E-state index in [-0.39, 0.29) is 65.1 Å². The van der Waals surface area contributed by atoms with Gasteiger partial charge in [-0.05, 0) is 49.9 Å². The molecule has 2 saturated heterocycles. The standard InChI is InChI=1S/C32H27F6N5O3/c1-3-20-22(34)6-5-17-11-19(44)12-21(23(17)20)26-25(35)27-24-28(43(32(36,37)38)16(2)7-10-45-29(24)39-26)41-30(40-27)46-15-31-8-4-9-42(31)14-18(33)13-31/h1,5-6,11-12,16,18,44H,4,7-10,13-15H2,2H3/t16?,18-,31+/m1/s1. The Morgan fingerprint density at radius 2 is 1.98 bits per heavy atom. The molecule has 0 aliphatic carbocycles. The van der Waals surface area contributed by atoms with Crippen LogP contribution in [0.3, 0.4) is 0 Å². The number of ether oxygens (including phenoxy) is 2. The van der Waals surface area contributed by atoms with Crippen LogP contribution in [0.5, 0.6) is 17.6 Å². The number of benzene rings is 2. The highest BCUT2D eigenvalue weighted by Crippen LogP contribution is 2.46. The third-order valence-electron chi connectivity index (χ3n) is 9.11. The Kier molecular flexibility index (Phi) is 7.08. The minimum Gasteiger partial charge on any atom is -0.508 e. The van der Waals surface area contributed by atoms with Crippen molar-refractivity contribution in [3.8, 4) is 41.2 Å². The number of fused-ring (bicyclic) bond motifs is 2. The van der Waals surface area contributed by atoms with Gasteiger partial charge in [0.25, 0.3) is 0 Å². The van der Waals surface area contributed by atoms with Crippen LogP contribution in [0.4, 0.5) is 32.2 Å². The molecule has 2 aromatic heterocycles. The van der Waals surface area contributed by atoms with Crippen molar-refractivity contribution in [1.82, 2.24) is 19.9 Å². The highest BCUT2D eigenvalue weighted by atomic mass is 19.4. The predicted octanol–water partition coefficient (Wildman–Crippen LogP) is 6.26. The summed E-state index contributed by atoms with van der Waals surface area (Å²) in [4.78, 5) is 14.7. The van der Waals surface area contributed by atoms with Gasteiger partial charge in [0.2, 0.25) is 5.88 Å². The average Bonchev–Trinajstić information content (AvgIpc) is 3.51. The Morgan fingerprint density at radius 3 is 2.74 bits per heavy atom. The molecule has 3 atom stereocenters. The van der Waals surface area contributed by atoms with E-state index < -0.39 is 70.0 Å². The van der Waals surface area contributed by atoms with Crippen LogP contribution in [-0.4, -0.2) is 75.3 Å². The fourth-order valence-corrected chi connectivity index (χ4v) is 7.06. The largest absolute Gasteiger partial charge is 0.508 e. The molecule has 1 unspecified atom stereocenters. The molecule has 4 aromatic rings. The monoisotopic (exact) mass is 643 g/mol. The molecule has 0 spiro atoms. The predicted molar refractivity (Wildman–Crippen MR) is 156 cm³/mol. The number of hydrogen-bond acceptors (Lipinski definition) is 8. The summed E-state index contributed by atoms with van der Waals surface area (Å²) in [7, 11) is 0. The maximum atomic E-state index is 16.8. The summed E-state index contributed by atoms with van der Waals surface area (Å²) < 4.78 is 102. The van der Waals surface area contributed by atoms with Gasteiger partial charge >= 0.3 is 12.3 Å². The Morgan fingerprint density at radius 1 is 1.17 bits per heavy atom. The lowest BCUT2D eigenvalue weighted by atomic mass is 9.95. The number of phenolic OH excluding ortho intramolecular Hbond substituents is 1. The molecule has 3 aliphatic heterocycles. The van der Waals surface area contributed by atoms with Gasteiger partial charge in [0.05, 0.1) is 17.7 Å². The Balaban J connectivity index is 1.48. The zero-order valence-corrected chi connectivity index (χ0v) is 24.5. The van der Waals surface area contributed by atoms with E-state index in [1.807, 2.05) is 4.90 Å². The van der Waals surface area contributed by atoms with E-state index in [0.29, 0.717) is 13.0 Å². The van der Waals surface area contributed by atoms with Gasteiger partial charge in [-0.15, -0.1) is 6.42 Å². The fourth-order valence-electron chi connectivity index (χ4n) is 7.06. The smallest absolute Gasteiger partial charge is 0.486 e. The molecule has 46 heavy (non-hydrogen) atoms. The van der Waals surface area contributed by atoms with Gasteiger partial charge in [0, 0.05) is 36.4 Å². The summed E-state index contributed by atoms with van der Waals surface area (Å²) in [6, 6.07) is 3.15. The highest BCUT2D eigenvalue weighted by Gasteiger charge is 2.50. The third kappa shape index (κ3) is 4.79. The number of terminal acetylenes is 1. The lowest BCUT2D eigenvalue weighted by Gasteiger charge is -2.34. The van der Waals surface area contributed by atoms with Crippen molar-refractivity contribution < 1.29 is 40.9 Å². The van der Waals surface area contributed by atoms with E-state index in [4.69, 9.17) is 15.9 Å². The normalized spacial score (nSPS) is 23.2. The highest BCUT2D eigenvalue weighted by molar-refractivity contribution is 6.04. The number of rotatable bonds is 4. The maximum absolute atomic E-state index is 16.8. The van der Waals surface area contributed by atoms with Gasteiger partial charge in [-0.25, -0.2) is 18.2 Å². The number of anilines is 1. The first-order valence-corrected chi connectivity index (χ1v) is 14.7. The van der Waals surface area contributed by atoms with Crippen molar-refractivity contribution in [2.75, 3.05) is 31.2 Å². The number of hydrogen-bond donors (Lipinski definition) is 1. The summed E-state index contributed by atoms with van der Waals surface area (Å²) in [5.74, 6) is -1.19. The minimum atomic E-state index is -4.95. The molecule has 0 saturated carbocycles. The van der Waals surface area contributed by atoms with Crippen LogP contribution in [-0.2, 0) is 0 Å². The zero-order valence-electron chi connectivity index (χ0n) is 24.5. The first kappa shape index (κ1) is 30.2. The zero-order chi connectivity index (χ0) is 32.5. The van der Waals surface area contributed by atoms with E-state index >= 15 is 4.39 Å². The van der Waals surface area contributed by atoms with Crippen molar-refractivity contribution in [1.29, 1.82) is 0 Å². The van der Waals surface area contributed by atoms with E-state index in [1.54, 1.807) is 0 Å². The van der Waals surface area contributed by atoms with Gasteiger partial charge in [-0.1, -0.05) is 12.0 Å². The van der Waals surface area contributed by atoms with Crippen molar-refractivity contribution in [2.24, 2.45) is 0 Å². The van der Waals surface area contributed by atoms with Gasteiger partial charge in [0.1, 0.15) is 40.9 Å². The van der Waals surface area contributed by atoms with E-state index in [9.17, 15) is 27.1 Å². The fraction of sp³-hybridized carbons (Fsp3) is 0.406. The molecule has 2 aromatic carbocycles. The molecular formula is C32H27F6N5O3. The number of halogens is 6. The second-order valence-electron chi connectivity index (χ2n) is 12.0. The van der Waals surface area contributed by atoms with E-state index in [1.165, 1.54) is 19.1 Å². The molecule has 14 heteroatoms. The molecule has 2 fully saturated rings. The van der Waals surface area contributed by atoms with Crippen molar-refractivity contribution in [3.05, 3.63) is 41.5 Å². The third-order valence-corrected chi connectivity index (χ3v) is 9.11. The Hall–Kier alpha value is -4.51. The van der Waals surface area contributed by atoms with Crippen LogP contribution in [0.25, 0.3) is 32.9 Å². The molecule has 240 valence electrons. The van der Waals surface area contributed by atoms with Crippen LogP contribution in [0.15, 0.2) is 24.3 Å². The van der Waals surface area contributed by atoms with Gasteiger partial charge in [-0.3, -0.25) is 9.80 Å². The molecule has 0 bridgehead atoms. The quantitative estimate of drug-likeness (QED) is 0.159. The second-order valence-corrected chi connectivity index (χ2v) is 12.0. The molecule has 7 rings (SSSR count). The number of nitrogens with zero attached hydrogens (tertiary/aromatic N) is 5. The molecule has 0 amide bonds. The maximum Gasteiger partial charge on any atom is 0.486 e. The number of alkyl halides is 4. The van der Waals surface area contributed by atoms with Crippen LogP contribution >= 0.6 is 0 Å². The minimum absolute atomic E-state index is 0.0443. The van der Waals surface area contributed by atoms with Crippen LogP contribution in [0.2, 0.25) is 0 Å². The lowest BCUT2D eigenvalue weighted by Crippen LogP contribution is -2.46. The van der Waals surface area contributed by atoms with E-state index in [0.717, 1.165) is 18.6 Å². The summed E-state index contributed by atoms with van der Waals surface area (Å²) in [5.41, 5.74) is -2.15. The number of pyridine rings is 1. The Labute approximate surface area is 259 Å². The Bertz CT molecular complexity index is 1930. The first-order chi connectivity index (χ1) is 21.9. The molecule has 0 radical (unpaired) electrons. The lowest BCUT2D eigenvalue weighted by molar-refractivity contribution is -0.135. The van der Waals surface area contributed by atoms with Crippen molar-refractivity contribution in [2.45, 2.75) is 56.7 Å². The number of aromatic hydroxyl groups is 1. The number of phenols is 1. The van der Waals surface area contributed by atoms with Crippen molar-refractivity contribution in [3.63, 3.8) is 0 Å². The number of aromatic nitrogens is 3. The summed E-state index contributed by atoms with van der Waals surface area (Å²) in [5, 5.41) is 10.4. The summed E-state index contributed by atoms with van der Waals surface area (Å²) in [6.45, 7) is 1.86. The molecule has 5 heterocycles. The van der Waals surface area contributed by atoms with Crippen LogP contribution in [0, 0.1) is 24.0 Å². The van der Waals surface area contributed by atoms with Crippen LogP contribution < -0.4 is 14.4 Å². The first-order valence-electron chi connectivity index (χ1n) is 14.7. The second kappa shape index (κ2) is 10.8. The van der Waals surface area contributed by atoms with E-state index in [2.05, 4.69) is 20.9 Å². The molecule has 1 N–H and O–H groups in total. The molecule has 3 aliphatic rings. The van der Waals surface area contributed by atoms with Crippen LogP contribution in [0.1, 0.15) is 38.2 Å².